The zero-order chi connectivity index (χ0) is 19.6. The van der Waals surface area contributed by atoms with Crippen LogP contribution in [0, 0.1) is 0 Å². The summed E-state index contributed by atoms with van der Waals surface area (Å²) in [6.45, 7) is 2.61. The molecule has 7 heteroatoms. The lowest BCUT2D eigenvalue weighted by molar-refractivity contribution is -0.113. The Hall–Kier alpha value is -1.80. The molecule has 0 saturated carbocycles. The molecule has 0 radical (unpaired) electrons. The van der Waals surface area contributed by atoms with Crippen molar-refractivity contribution in [1.82, 2.24) is 9.80 Å². The summed E-state index contributed by atoms with van der Waals surface area (Å²) >= 11 is -1.38. The average Bonchev–Trinajstić information content (AvgIpc) is 2.87. The van der Waals surface area contributed by atoms with E-state index in [4.69, 9.17) is 9.47 Å². The number of carbonyl (C=O) groups is 1. The second-order valence-electron chi connectivity index (χ2n) is 7.19. The Morgan fingerprint density at radius 1 is 1.04 bits per heavy atom. The van der Waals surface area contributed by atoms with E-state index in [1.807, 2.05) is 56.2 Å². The minimum atomic E-state index is -1.38. The molecule has 3 rings (SSSR count). The van der Waals surface area contributed by atoms with Crippen LogP contribution in [-0.2, 0) is 20.7 Å². The summed E-state index contributed by atoms with van der Waals surface area (Å²) in [6.07, 6.45) is 3.30. The van der Waals surface area contributed by atoms with Crippen LogP contribution in [0.5, 0.6) is 5.75 Å². The van der Waals surface area contributed by atoms with Gasteiger partial charge in [0.05, 0.1) is 0 Å². The maximum Gasteiger partial charge on any atom is 0.216 e. The Kier molecular flexibility index (Phi) is 6.26. The molecule has 1 aliphatic heterocycles. The molecule has 2 unspecified atom stereocenters. The number of likely N-dealkylation sites (N-methyl/N-ethyl adjacent to an activating group) is 2. The molecule has 1 aliphatic carbocycles. The van der Waals surface area contributed by atoms with Crippen LogP contribution in [0.2, 0.25) is 0 Å². The first kappa shape index (κ1) is 19.9. The van der Waals surface area contributed by atoms with E-state index in [1.54, 1.807) is 6.07 Å². The van der Waals surface area contributed by atoms with Gasteiger partial charge in [0.2, 0.25) is 11.0 Å². The lowest BCUT2D eigenvalue weighted by atomic mass is 9.95. The molecular formula is C20H26N2O4S. The van der Waals surface area contributed by atoms with Gasteiger partial charge in [0.25, 0.3) is 0 Å². The molecule has 146 valence electrons. The first-order chi connectivity index (χ1) is 12.9. The van der Waals surface area contributed by atoms with E-state index in [1.165, 1.54) is 6.08 Å². The zero-order valence-corrected chi connectivity index (χ0v) is 17.0. The van der Waals surface area contributed by atoms with Crippen molar-refractivity contribution in [3.63, 3.8) is 0 Å². The molecule has 1 aromatic carbocycles. The van der Waals surface area contributed by atoms with Gasteiger partial charge in [-0.25, -0.2) is 0 Å². The van der Waals surface area contributed by atoms with Crippen LogP contribution in [0.4, 0.5) is 0 Å². The molecular weight excluding hydrogens is 364 g/mol. The highest BCUT2D eigenvalue weighted by atomic mass is 32.2. The molecule has 0 fully saturated rings. The third-order valence-corrected chi connectivity index (χ3v) is 6.13. The van der Waals surface area contributed by atoms with E-state index in [0.717, 1.165) is 24.2 Å². The van der Waals surface area contributed by atoms with Crippen LogP contribution < -0.4 is 4.74 Å². The molecule has 2 atom stereocenters. The predicted molar refractivity (Wildman–Crippen MR) is 106 cm³/mol. The van der Waals surface area contributed by atoms with Crippen LogP contribution in [0.15, 0.2) is 41.0 Å². The van der Waals surface area contributed by atoms with E-state index in [-0.39, 0.29) is 5.78 Å². The van der Waals surface area contributed by atoms with Gasteiger partial charge in [0.1, 0.15) is 24.7 Å². The minimum absolute atomic E-state index is 0.169. The first-order valence-corrected chi connectivity index (χ1v) is 10.2. The van der Waals surface area contributed by atoms with Gasteiger partial charge < -0.3 is 23.8 Å². The van der Waals surface area contributed by atoms with Crippen molar-refractivity contribution in [1.29, 1.82) is 0 Å². The molecule has 27 heavy (non-hydrogen) atoms. The number of nitrogens with zero attached hydrogens (tertiary/aromatic N) is 2. The van der Waals surface area contributed by atoms with Crippen molar-refractivity contribution >= 4 is 22.5 Å². The molecule has 0 aromatic heterocycles. The Balaban J connectivity index is 1.81. The summed E-state index contributed by atoms with van der Waals surface area (Å²) in [4.78, 5) is 17.3. The molecule has 0 amide bonds. The lowest BCUT2D eigenvalue weighted by Gasteiger charge is -2.18. The second kappa shape index (κ2) is 8.48. The average molecular weight is 391 g/mol. The van der Waals surface area contributed by atoms with E-state index >= 15 is 0 Å². The van der Waals surface area contributed by atoms with E-state index in [0.29, 0.717) is 29.6 Å². The van der Waals surface area contributed by atoms with Crippen molar-refractivity contribution in [2.45, 2.75) is 10.1 Å². The molecule has 0 saturated heterocycles. The van der Waals surface area contributed by atoms with Gasteiger partial charge in [0, 0.05) is 41.5 Å². The van der Waals surface area contributed by atoms with Crippen molar-refractivity contribution in [3.8, 4) is 5.75 Å². The van der Waals surface area contributed by atoms with Gasteiger partial charge >= 0.3 is 0 Å². The molecule has 2 aliphatic rings. The number of ketones is 1. The van der Waals surface area contributed by atoms with Crippen LogP contribution >= 0.6 is 0 Å². The van der Waals surface area contributed by atoms with Gasteiger partial charge in [-0.05, 0) is 52.5 Å². The highest BCUT2D eigenvalue weighted by Gasteiger charge is 2.46. The van der Waals surface area contributed by atoms with Gasteiger partial charge in [0.15, 0.2) is 4.90 Å². The first-order valence-electron chi connectivity index (χ1n) is 8.94. The SMILES string of the molecule is CN(C)CCOC1=CC(=O)C2C(=C1)c1cc(OCCN(C)C)ccc1[S+]2[O-]. The van der Waals surface area contributed by atoms with Gasteiger partial charge in [-0.3, -0.25) is 4.79 Å². The lowest BCUT2D eigenvalue weighted by Crippen LogP contribution is -2.28. The fourth-order valence-corrected chi connectivity index (χ4v) is 4.54. The van der Waals surface area contributed by atoms with Gasteiger partial charge in [-0.15, -0.1) is 0 Å². The smallest absolute Gasteiger partial charge is 0.216 e. The third-order valence-electron chi connectivity index (χ3n) is 4.43. The molecule has 0 bridgehead atoms. The molecule has 6 nitrogen and oxygen atoms in total. The number of allylic oxidation sites excluding steroid dienone is 2. The number of benzene rings is 1. The Morgan fingerprint density at radius 2 is 1.70 bits per heavy atom. The third kappa shape index (κ3) is 4.55. The fraction of sp³-hybridized carbons (Fsp3) is 0.450. The zero-order valence-electron chi connectivity index (χ0n) is 16.2. The highest BCUT2D eigenvalue weighted by Crippen LogP contribution is 2.44. The van der Waals surface area contributed by atoms with Gasteiger partial charge in [-0.2, -0.15) is 0 Å². The Bertz CT molecular complexity index is 773. The van der Waals surface area contributed by atoms with Crippen LogP contribution in [0.25, 0.3) is 5.57 Å². The van der Waals surface area contributed by atoms with Crippen molar-refractivity contribution in [2.24, 2.45) is 0 Å². The van der Waals surface area contributed by atoms with Crippen LogP contribution in [0.3, 0.4) is 0 Å². The quantitative estimate of drug-likeness (QED) is 0.628. The number of rotatable bonds is 8. The van der Waals surface area contributed by atoms with E-state index in [9.17, 15) is 9.35 Å². The summed E-state index contributed by atoms with van der Waals surface area (Å²) in [5.41, 5.74) is 1.57. The summed E-state index contributed by atoms with van der Waals surface area (Å²) in [5.74, 6) is 1.07. The summed E-state index contributed by atoms with van der Waals surface area (Å²) in [6, 6.07) is 5.50. The monoisotopic (exact) mass is 390 g/mol. The van der Waals surface area contributed by atoms with Gasteiger partial charge in [-0.1, -0.05) is 0 Å². The standard InChI is InChI=1S/C20H26N2O4S/c1-21(2)7-9-25-14-5-6-19-16(11-14)17-12-15(26-10-8-22(3)4)13-18(23)20(17)27(19)24/h5-6,11-13,20H,7-10H2,1-4H3. The largest absolute Gasteiger partial charge is 0.611 e. The normalized spacial score (nSPS) is 21.1. The summed E-state index contributed by atoms with van der Waals surface area (Å²) < 4.78 is 24.3. The Labute approximate surface area is 163 Å². The summed E-state index contributed by atoms with van der Waals surface area (Å²) in [7, 11) is 7.91. The van der Waals surface area contributed by atoms with Crippen LogP contribution in [0.1, 0.15) is 5.56 Å². The van der Waals surface area contributed by atoms with Crippen LogP contribution in [-0.4, -0.2) is 79.9 Å². The number of ether oxygens (including phenoxy) is 2. The number of hydrogen-bond acceptors (Lipinski definition) is 6. The second-order valence-corrected chi connectivity index (χ2v) is 8.69. The van der Waals surface area contributed by atoms with E-state index in [2.05, 4.69) is 0 Å². The number of hydrogen-bond donors (Lipinski definition) is 0. The van der Waals surface area contributed by atoms with Crippen molar-refractivity contribution in [2.75, 3.05) is 54.5 Å². The highest BCUT2D eigenvalue weighted by molar-refractivity contribution is 7.93. The predicted octanol–water partition coefficient (Wildman–Crippen LogP) is 1.54. The number of carbonyl (C=O) groups excluding carboxylic acids is 1. The number of fused-ring (bicyclic) bond motifs is 3. The summed E-state index contributed by atoms with van der Waals surface area (Å²) in [5, 5.41) is -0.641. The Morgan fingerprint density at radius 3 is 2.37 bits per heavy atom. The van der Waals surface area contributed by atoms with Crippen molar-refractivity contribution in [3.05, 3.63) is 41.7 Å². The fourth-order valence-electron chi connectivity index (χ4n) is 2.98. The molecule has 0 N–H and O–H groups in total. The minimum Gasteiger partial charge on any atom is -0.611 e. The molecule has 1 aromatic rings. The van der Waals surface area contributed by atoms with Crippen molar-refractivity contribution < 1.29 is 18.8 Å². The topological polar surface area (TPSA) is 65.1 Å². The molecule has 1 heterocycles. The maximum absolute atomic E-state index is 12.8. The molecule has 0 spiro atoms. The van der Waals surface area contributed by atoms with E-state index < -0.39 is 16.4 Å². The maximum atomic E-state index is 12.8.